The SMILES string of the molecule is Cc1cc(Cl)ncc1C=CCCNC(=O)OC(C)(C)C. The van der Waals surface area contributed by atoms with Crippen molar-refractivity contribution in [3.8, 4) is 0 Å². The number of carbonyl (C=O) groups is 1. The van der Waals surface area contributed by atoms with Gasteiger partial charge in [0.05, 0.1) is 0 Å². The van der Waals surface area contributed by atoms with Crippen LogP contribution in [0.4, 0.5) is 4.79 Å². The number of aryl methyl sites for hydroxylation is 1. The van der Waals surface area contributed by atoms with Gasteiger partial charge in [-0.3, -0.25) is 0 Å². The minimum absolute atomic E-state index is 0.393. The maximum atomic E-state index is 11.4. The molecule has 5 heteroatoms. The Kier molecular flexibility index (Phi) is 6.02. The minimum Gasteiger partial charge on any atom is -0.444 e. The molecule has 20 heavy (non-hydrogen) atoms. The number of halogens is 1. The summed E-state index contributed by atoms with van der Waals surface area (Å²) < 4.78 is 5.14. The molecule has 0 fully saturated rings. The van der Waals surface area contributed by atoms with Crippen molar-refractivity contribution in [3.05, 3.63) is 34.6 Å². The number of amides is 1. The van der Waals surface area contributed by atoms with Crippen molar-refractivity contribution >= 4 is 23.8 Å². The number of hydrogen-bond acceptors (Lipinski definition) is 3. The fourth-order valence-electron chi connectivity index (χ4n) is 1.49. The lowest BCUT2D eigenvalue weighted by atomic mass is 10.1. The molecule has 1 rings (SSSR count). The lowest BCUT2D eigenvalue weighted by molar-refractivity contribution is 0.0529. The summed E-state index contributed by atoms with van der Waals surface area (Å²) in [6.07, 6.45) is 6.01. The molecule has 0 saturated carbocycles. The Morgan fingerprint density at radius 3 is 2.80 bits per heavy atom. The number of nitrogens with one attached hydrogen (secondary N) is 1. The lowest BCUT2D eigenvalue weighted by Crippen LogP contribution is -2.32. The van der Waals surface area contributed by atoms with E-state index in [1.54, 1.807) is 6.20 Å². The number of aromatic nitrogens is 1. The van der Waals surface area contributed by atoms with E-state index < -0.39 is 11.7 Å². The molecule has 1 aromatic rings. The number of nitrogens with zero attached hydrogens (tertiary/aromatic N) is 1. The van der Waals surface area contributed by atoms with Crippen molar-refractivity contribution in [2.24, 2.45) is 0 Å². The van der Waals surface area contributed by atoms with Gasteiger partial charge < -0.3 is 10.1 Å². The number of carbonyl (C=O) groups excluding carboxylic acids is 1. The molecular formula is C15H21ClN2O2. The summed E-state index contributed by atoms with van der Waals surface area (Å²) >= 11 is 5.79. The Labute approximate surface area is 125 Å². The minimum atomic E-state index is -0.466. The first-order chi connectivity index (χ1) is 9.28. The second-order valence-corrected chi connectivity index (χ2v) is 5.87. The molecule has 0 aliphatic heterocycles. The molecular weight excluding hydrogens is 276 g/mol. The lowest BCUT2D eigenvalue weighted by Gasteiger charge is -2.19. The molecule has 0 spiro atoms. The molecule has 0 unspecified atom stereocenters. The van der Waals surface area contributed by atoms with Gasteiger partial charge in [0, 0.05) is 12.7 Å². The number of ether oxygens (including phenoxy) is 1. The summed E-state index contributed by atoms with van der Waals surface area (Å²) in [5.41, 5.74) is 1.62. The number of alkyl carbamates (subject to hydrolysis) is 1. The Morgan fingerprint density at radius 1 is 1.50 bits per heavy atom. The van der Waals surface area contributed by atoms with Crippen LogP contribution in [0.3, 0.4) is 0 Å². The van der Waals surface area contributed by atoms with E-state index >= 15 is 0 Å². The smallest absolute Gasteiger partial charge is 0.407 e. The van der Waals surface area contributed by atoms with Gasteiger partial charge in [-0.2, -0.15) is 0 Å². The zero-order valence-corrected chi connectivity index (χ0v) is 13.1. The normalized spacial score (nSPS) is 11.7. The Morgan fingerprint density at radius 2 is 2.20 bits per heavy atom. The van der Waals surface area contributed by atoms with Crippen LogP contribution in [-0.4, -0.2) is 23.2 Å². The van der Waals surface area contributed by atoms with Gasteiger partial charge >= 0.3 is 6.09 Å². The van der Waals surface area contributed by atoms with E-state index in [2.05, 4.69) is 10.3 Å². The number of hydrogen-bond donors (Lipinski definition) is 1. The van der Waals surface area contributed by atoms with Gasteiger partial charge in [-0.1, -0.05) is 23.8 Å². The highest BCUT2D eigenvalue weighted by atomic mass is 35.5. The highest BCUT2D eigenvalue weighted by Crippen LogP contribution is 2.13. The van der Waals surface area contributed by atoms with Crippen LogP contribution in [0.5, 0.6) is 0 Å². The maximum absolute atomic E-state index is 11.4. The second-order valence-electron chi connectivity index (χ2n) is 5.48. The van der Waals surface area contributed by atoms with E-state index in [-0.39, 0.29) is 0 Å². The van der Waals surface area contributed by atoms with Crippen molar-refractivity contribution in [2.45, 2.75) is 39.7 Å². The third-order valence-corrected chi connectivity index (χ3v) is 2.60. The molecule has 0 radical (unpaired) electrons. The van der Waals surface area contributed by atoms with Crippen LogP contribution in [-0.2, 0) is 4.74 Å². The van der Waals surface area contributed by atoms with Crippen molar-refractivity contribution in [1.29, 1.82) is 0 Å². The summed E-state index contributed by atoms with van der Waals surface area (Å²) in [6, 6.07) is 1.82. The first-order valence-electron chi connectivity index (χ1n) is 6.53. The number of pyridine rings is 1. The van der Waals surface area contributed by atoms with Crippen LogP contribution >= 0.6 is 11.6 Å². The molecule has 0 atom stereocenters. The van der Waals surface area contributed by atoms with Gasteiger partial charge in [0.1, 0.15) is 10.8 Å². The highest BCUT2D eigenvalue weighted by Gasteiger charge is 2.15. The summed E-state index contributed by atoms with van der Waals surface area (Å²) in [6.45, 7) is 8.02. The molecule has 0 aliphatic carbocycles. The molecule has 4 nitrogen and oxygen atoms in total. The predicted molar refractivity (Wildman–Crippen MR) is 81.9 cm³/mol. The summed E-state index contributed by atoms with van der Waals surface area (Å²) in [7, 11) is 0. The van der Waals surface area contributed by atoms with Crippen LogP contribution in [0, 0.1) is 6.92 Å². The quantitative estimate of drug-likeness (QED) is 0.675. The van der Waals surface area contributed by atoms with Crippen LogP contribution in [0.2, 0.25) is 5.15 Å². The largest absolute Gasteiger partial charge is 0.444 e. The zero-order chi connectivity index (χ0) is 15.2. The average Bonchev–Trinajstić information content (AvgIpc) is 2.28. The van der Waals surface area contributed by atoms with Gasteiger partial charge in [0.15, 0.2) is 0 Å². The van der Waals surface area contributed by atoms with E-state index in [0.29, 0.717) is 11.7 Å². The predicted octanol–water partition coefficient (Wildman–Crippen LogP) is 3.97. The first kappa shape index (κ1) is 16.5. The van der Waals surface area contributed by atoms with Crippen molar-refractivity contribution in [1.82, 2.24) is 10.3 Å². The van der Waals surface area contributed by atoms with E-state index in [0.717, 1.165) is 17.5 Å². The van der Waals surface area contributed by atoms with Gasteiger partial charge in [0.2, 0.25) is 0 Å². The third-order valence-electron chi connectivity index (χ3n) is 2.39. The van der Waals surface area contributed by atoms with E-state index in [4.69, 9.17) is 16.3 Å². The fraction of sp³-hybridized carbons (Fsp3) is 0.467. The molecule has 1 amide bonds. The van der Waals surface area contributed by atoms with Gasteiger partial charge in [-0.25, -0.2) is 9.78 Å². The second kappa shape index (κ2) is 7.29. The molecule has 1 heterocycles. The molecule has 1 N–H and O–H groups in total. The summed E-state index contributed by atoms with van der Waals surface area (Å²) in [4.78, 5) is 15.4. The number of rotatable bonds is 4. The van der Waals surface area contributed by atoms with Crippen LogP contribution in [0.25, 0.3) is 6.08 Å². The molecule has 1 aromatic heterocycles. The van der Waals surface area contributed by atoms with Crippen LogP contribution in [0.15, 0.2) is 18.3 Å². The third kappa shape index (κ3) is 6.57. The van der Waals surface area contributed by atoms with Crippen molar-refractivity contribution in [3.63, 3.8) is 0 Å². The Bertz CT molecular complexity index is 493. The van der Waals surface area contributed by atoms with E-state index in [1.165, 1.54) is 0 Å². The van der Waals surface area contributed by atoms with Gasteiger partial charge in [-0.15, -0.1) is 0 Å². The van der Waals surface area contributed by atoms with Crippen molar-refractivity contribution in [2.75, 3.05) is 6.54 Å². The molecule has 0 saturated heterocycles. The van der Waals surface area contributed by atoms with Crippen LogP contribution in [0.1, 0.15) is 38.3 Å². The van der Waals surface area contributed by atoms with E-state index in [1.807, 2.05) is 45.9 Å². The van der Waals surface area contributed by atoms with Gasteiger partial charge in [-0.05, 0) is 51.3 Å². The summed E-state index contributed by atoms with van der Waals surface area (Å²) in [5.74, 6) is 0. The molecule has 0 aliphatic rings. The fourth-order valence-corrected chi connectivity index (χ4v) is 1.70. The van der Waals surface area contributed by atoms with Crippen molar-refractivity contribution < 1.29 is 9.53 Å². The van der Waals surface area contributed by atoms with Crippen LogP contribution < -0.4 is 5.32 Å². The highest BCUT2D eigenvalue weighted by molar-refractivity contribution is 6.29. The molecule has 0 bridgehead atoms. The van der Waals surface area contributed by atoms with E-state index in [9.17, 15) is 4.79 Å². The average molecular weight is 297 g/mol. The van der Waals surface area contributed by atoms with Gasteiger partial charge in [0.25, 0.3) is 0 Å². The Balaban J connectivity index is 2.34. The monoisotopic (exact) mass is 296 g/mol. The molecule has 110 valence electrons. The maximum Gasteiger partial charge on any atom is 0.407 e. The summed E-state index contributed by atoms with van der Waals surface area (Å²) in [5, 5.41) is 3.19. The topological polar surface area (TPSA) is 51.2 Å². The first-order valence-corrected chi connectivity index (χ1v) is 6.91. The zero-order valence-electron chi connectivity index (χ0n) is 12.4. The molecule has 0 aromatic carbocycles. The standard InChI is InChI=1S/C15H21ClN2O2/c1-11-9-13(16)18-10-12(11)7-5-6-8-17-14(19)20-15(2,3)4/h5,7,9-10H,6,8H2,1-4H3,(H,17,19). The Hall–Kier alpha value is -1.55.